The average molecular weight is 538 g/mol. The van der Waals surface area contributed by atoms with E-state index in [0.29, 0.717) is 45.0 Å². The zero-order chi connectivity index (χ0) is 27.4. The molecule has 0 spiro atoms. The van der Waals surface area contributed by atoms with Crippen LogP contribution in [0.4, 0.5) is 4.39 Å². The molecule has 2 aromatic heterocycles. The number of hydrogen-bond acceptors (Lipinski definition) is 7. The highest BCUT2D eigenvalue weighted by Gasteiger charge is 2.26. The highest BCUT2D eigenvalue weighted by atomic mass is 19.1. The van der Waals surface area contributed by atoms with Gasteiger partial charge < -0.3 is 20.1 Å². The van der Waals surface area contributed by atoms with Crippen molar-refractivity contribution in [3.63, 3.8) is 0 Å². The van der Waals surface area contributed by atoms with Crippen LogP contribution in [-0.2, 0) is 22.5 Å². The van der Waals surface area contributed by atoms with Gasteiger partial charge in [0.15, 0.2) is 5.75 Å². The number of ether oxygens (including phenoxy) is 1. The lowest BCUT2D eigenvalue weighted by atomic mass is 10.1. The Bertz CT molecular complexity index is 1410. The van der Waals surface area contributed by atoms with E-state index >= 15 is 0 Å². The minimum atomic E-state index is -0.746. The van der Waals surface area contributed by atoms with E-state index < -0.39 is 22.8 Å². The summed E-state index contributed by atoms with van der Waals surface area (Å²) < 4.78 is 19.9. The fraction of sp³-hybridized carbons (Fsp3) is 0.429. The lowest BCUT2D eigenvalue weighted by molar-refractivity contribution is -0.130. The van der Waals surface area contributed by atoms with Gasteiger partial charge in [-0.2, -0.15) is 0 Å². The van der Waals surface area contributed by atoms with Crippen LogP contribution in [0.15, 0.2) is 41.2 Å². The molecule has 0 radical (unpaired) electrons. The molecule has 39 heavy (non-hydrogen) atoms. The monoisotopic (exact) mass is 537 g/mol. The largest absolute Gasteiger partial charge is 0.505 e. The Kier molecular flexibility index (Phi) is 8.18. The number of fused-ring (bicyclic) bond motifs is 1. The number of hydrogen-bond donors (Lipinski definition) is 2. The SMILES string of the molecule is O=C(NCCN1CCOCC1)c1c(O)c2nc(Cc3ccc(F)cc3)ccc2n(CC(=O)N2CCCC2)c1=O. The first-order chi connectivity index (χ1) is 18.9. The van der Waals surface area contributed by atoms with Gasteiger partial charge in [0.1, 0.15) is 23.4 Å². The van der Waals surface area contributed by atoms with Gasteiger partial charge in [-0.15, -0.1) is 0 Å². The predicted octanol–water partition coefficient (Wildman–Crippen LogP) is 1.52. The molecule has 2 saturated heterocycles. The Morgan fingerprint density at radius 2 is 1.74 bits per heavy atom. The number of benzene rings is 1. The number of aromatic hydroxyl groups is 1. The second kappa shape index (κ2) is 11.9. The van der Waals surface area contributed by atoms with Crippen LogP contribution < -0.4 is 10.9 Å². The van der Waals surface area contributed by atoms with E-state index in [2.05, 4.69) is 15.2 Å². The Morgan fingerprint density at radius 3 is 2.46 bits per heavy atom. The fourth-order valence-electron chi connectivity index (χ4n) is 5.06. The zero-order valence-corrected chi connectivity index (χ0v) is 21.7. The van der Waals surface area contributed by atoms with E-state index in [-0.39, 0.29) is 35.8 Å². The van der Waals surface area contributed by atoms with Gasteiger partial charge in [-0.05, 0) is 42.7 Å². The molecule has 2 amide bonds. The Labute approximate surface area is 225 Å². The third-order valence-electron chi connectivity index (χ3n) is 7.24. The molecule has 206 valence electrons. The maximum Gasteiger partial charge on any atom is 0.268 e. The van der Waals surface area contributed by atoms with Crippen molar-refractivity contribution >= 4 is 22.8 Å². The normalized spacial score (nSPS) is 16.1. The minimum Gasteiger partial charge on any atom is -0.505 e. The van der Waals surface area contributed by atoms with Crippen molar-refractivity contribution in [2.75, 3.05) is 52.5 Å². The summed E-state index contributed by atoms with van der Waals surface area (Å²) in [6.07, 6.45) is 2.16. The second-order valence-corrected chi connectivity index (χ2v) is 9.89. The lowest BCUT2D eigenvalue weighted by Gasteiger charge is -2.26. The number of halogens is 1. The number of carbonyl (C=O) groups is 2. The third-order valence-corrected chi connectivity index (χ3v) is 7.24. The minimum absolute atomic E-state index is 0.0572. The van der Waals surface area contributed by atoms with Gasteiger partial charge in [0.05, 0.1) is 18.7 Å². The summed E-state index contributed by atoms with van der Waals surface area (Å²) in [5.41, 5.74) is 0.495. The van der Waals surface area contributed by atoms with Crippen molar-refractivity contribution < 1.29 is 23.8 Å². The molecule has 3 aromatic rings. The molecule has 2 aliphatic rings. The molecular weight excluding hydrogens is 505 g/mol. The van der Waals surface area contributed by atoms with Gasteiger partial charge in [-0.3, -0.25) is 23.9 Å². The van der Waals surface area contributed by atoms with Crippen molar-refractivity contribution in [3.8, 4) is 5.75 Å². The summed E-state index contributed by atoms with van der Waals surface area (Å²) in [5.74, 6) is -1.82. The first-order valence-electron chi connectivity index (χ1n) is 13.3. The number of likely N-dealkylation sites (tertiary alicyclic amines) is 1. The van der Waals surface area contributed by atoms with Gasteiger partial charge in [-0.1, -0.05) is 12.1 Å². The van der Waals surface area contributed by atoms with E-state index in [0.717, 1.165) is 31.5 Å². The Morgan fingerprint density at radius 1 is 1.03 bits per heavy atom. The van der Waals surface area contributed by atoms with Gasteiger partial charge in [0.2, 0.25) is 5.91 Å². The molecule has 11 heteroatoms. The number of rotatable bonds is 8. The lowest BCUT2D eigenvalue weighted by Crippen LogP contribution is -2.42. The summed E-state index contributed by atoms with van der Waals surface area (Å²) >= 11 is 0. The fourth-order valence-corrected chi connectivity index (χ4v) is 5.06. The van der Waals surface area contributed by atoms with Crippen LogP contribution in [0.25, 0.3) is 11.0 Å². The number of morpholine rings is 1. The first kappa shape index (κ1) is 26.8. The van der Waals surface area contributed by atoms with Crippen molar-refractivity contribution in [2.24, 2.45) is 0 Å². The van der Waals surface area contributed by atoms with E-state index in [1.807, 2.05) is 0 Å². The van der Waals surface area contributed by atoms with Crippen molar-refractivity contribution in [1.82, 2.24) is 24.7 Å². The highest BCUT2D eigenvalue weighted by Crippen LogP contribution is 2.26. The number of aromatic nitrogens is 2. The number of amides is 2. The van der Waals surface area contributed by atoms with Gasteiger partial charge in [0, 0.05) is 51.4 Å². The smallest absolute Gasteiger partial charge is 0.268 e. The zero-order valence-electron chi connectivity index (χ0n) is 21.7. The molecule has 2 fully saturated rings. The van der Waals surface area contributed by atoms with Crippen LogP contribution in [0.2, 0.25) is 0 Å². The van der Waals surface area contributed by atoms with Crippen LogP contribution in [0.5, 0.6) is 5.75 Å². The number of carbonyl (C=O) groups excluding carboxylic acids is 2. The van der Waals surface area contributed by atoms with E-state index in [9.17, 15) is 23.9 Å². The predicted molar refractivity (Wildman–Crippen MR) is 142 cm³/mol. The van der Waals surface area contributed by atoms with E-state index in [1.54, 1.807) is 29.2 Å². The molecule has 1 aromatic carbocycles. The van der Waals surface area contributed by atoms with Crippen LogP contribution in [0.3, 0.4) is 0 Å². The van der Waals surface area contributed by atoms with Gasteiger partial charge in [0.25, 0.3) is 11.5 Å². The molecular formula is C28H32FN5O5. The van der Waals surface area contributed by atoms with E-state index in [4.69, 9.17) is 4.74 Å². The van der Waals surface area contributed by atoms with Crippen molar-refractivity contribution in [2.45, 2.75) is 25.8 Å². The Hall–Kier alpha value is -3.83. The molecule has 0 unspecified atom stereocenters. The topological polar surface area (TPSA) is 117 Å². The van der Waals surface area contributed by atoms with Crippen molar-refractivity contribution in [1.29, 1.82) is 0 Å². The quantitative estimate of drug-likeness (QED) is 0.448. The highest BCUT2D eigenvalue weighted by molar-refractivity contribution is 6.01. The maximum atomic E-state index is 13.5. The Balaban J connectivity index is 1.47. The average Bonchev–Trinajstić information content (AvgIpc) is 3.48. The molecule has 0 atom stereocenters. The molecule has 10 nitrogen and oxygen atoms in total. The first-order valence-corrected chi connectivity index (χ1v) is 13.3. The van der Waals surface area contributed by atoms with Crippen LogP contribution in [0, 0.1) is 5.82 Å². The van der Waals surface area contributed by atoms with Crippen LogP contribution >= 0.6 is 0 Å². The molecule has 0 saturated carbocycles. The molecule has 2 N–H and O–H groups in total. The summed E-state index contributed by atoms with van der Waals surface area (Å²) in [4.78, 5) is 48.1. The number of pyridine rings is 2. The molecule has 2 aliphatic heterocycles. The standard InChI is InChI=1S/C28H32FN5O5/c29-20-5-3-19(4-6-20)17-21-7-8-22-25(31-21)26(36)24(27(37)30-9-12-32-13-15-39-16-14-32)28(38)34(22)18-23(35)33-10-1-2-11-33/h3-8,36H,1-2,9-18H2,(H,30,37). The molecule has 5 rings (SSSR count). The van der Waals surface area contributed by atoms with Crippen LogP contribution in [0.1, 0.15) is 34.5 Å². The van der Waals surface area contributed by atoms with Gasteiger partial charge >= 0.3 is 0 Å². The summed E-state index contributed by atoms with van der Waals surface area (Å²) in [6, 6.07) is 9.32. The molecule has 4 heterocycles. The summed E-state index contributed by atoms with van der Waals surface area (Å²) in [6.45, 7) is 4.60. The van der Waals surface area contributed by atoms with E-state index in [1.165, 1.54) is 16.7 Å². The molecule has 0 aliphatic carbocycles. The summed E-state index contributed by atoms with van der Waals surface area (Å²) in [7, 11) is 0. The summed E-state index contributed by atoms with van der Waals surface area (Å²) in [5, 5.41) is 13.9. The second-order valence-electron chi connectivity index (χ2n) is 9.89. The van der Waals surface area contributed by atoms with Gasteiger partial charge in [-0.25, -0.2) is 9.37 Å². The number of nitrogens with zero attached hydrogens (tertiary/aromatic N) is 4. The maximum absolute atomic E-state index is 13.5. The molecule has 0 bridgehead atoms. The number of nitrogens with one attached hydrogen (secondary N) is 1. The third kappa shape index (κ3) is 6.10. The van der Waals surface area contributed by atoms with Crippen LogP contribution in [-0.4, -0.2) is 88.8 Å². The van der Waals surface area contributed by atoms with Crippen molar-refractivity contribution in [3.05, 3.63) is 69.4 Å².